The van der Waals surface area contributed by atoms with Crippen molar-refractivity contribution in [2.75, 3.05) is 0 Å². The van der Waals surface area contributed by atoms with Gasteiger partial charge in [0.2, 0.25) is 0 Å². The lowest BCUT2D eigenvalue weighted by Crippen LogP contribution is -1.95. The molecule has 9 aromatic carbocycles. The molecule has 0 amide bonds. The van der Waals surface area contributed by atoms with Crippen molar-refractivity contribution in [3.63, 3.8) is 0 Å². The molecule has 0 spiro atoms. The van der Waals surface area contributed by atoms with E-state index in [1.807, 2.05) is 0 Å². The van der Waals surface area contributed by atoms with Crippen molar-refractivity contribution in [3.8, 4) is 44.8 Å². The van der Waals surface area contributed by atoms with Crippen molar-refractivity contribution in [1.82, 2.24) is 9.13 Å². The van der Waals surface area contributed by atoms with E-state index in [0.29, 0.717) is 0 Å². The maximum Gasteiger partial charge on any atom is 0.136 e. The summed E-state index contributed by atoms with van der Waals surface area (Å²) in [6, 6.07) is 74.4. The van der Waals surface area contributed by atoms with Gasteiger partial charge in [0.25, 0.3) is 0 Å². The van der Waals surface area contributed by atoms with Crippen LogP contribution in [0.25, 0.3) is 110 Å². The zero-order valence-corrected chi connectivity index (χ0v) is 30.9. The molecule has 0 fully saturated rings. The first-order chi connectivity index (χ1) is 28.2. The minimum atomic E-state index is 0.876. The maximum absolute atomic E-state index is 6.64. The number of rotatable bonds is 5. The molecule has 3 nitrogen and oxygen atoms in total. The largest absolute Gasteiger partial charge is 0.456 e. The highest BCUT2D eigenvalue weighted by Crippen LogP contribution is 2.41. The Hall–Kier alpha value is -7.62. The summed E-state index contributed by atoms with van der Waals surface area (Å²) in [6.45, 7) is 0. The van der Waals surface area contributed by atoms with Gasteiger partial charge in [-0.3, -0.25) is 0 Å². The molecule has 3 aromatic heterocycles. The number of benzene rings is 9. The van der Waals surface area contributed by atoms with Crippen LogP contribution in [-0.2, 0) is 0 Å². The van der Waals surface area contributed by atoms with Crippen molar-refractivity contribution in [2.24, 2.45) is 0 Å². The Kier molecular flexibility index (Phi) is 6.93. The highest BCUT2D eigenvalue weighted by molar-refractivity contribution is 6.19. The lowest BCUT2D eigenvalue weighted by molar-refractivity contribution is 0.669. The fourth-order valence-electron chi connectivity index (χ4n) is 9.04. The van der Waals surface area contributed by atoms with Crippen molar-refractivity contribution >= 4 is 65.6 Å². The number of hydrogen-bond acceptors (Lipinski definition) is 1. The average Bonchev–Trinajstić information content (AvgIpc) is 3.93. The number of aromatic nitrogens is 2. The topological polar surface area (TPSA) is 23.0 Å². The summed E-state index contributed by atoms with van der Waals surface area (Å²) >= 11 is 0. The fourth-order valence-corrected chi connectivity index (χ4v) is 9.04. The summed E-state index contributed by atoms with van der Waals surface area (Å²) in [5, 5.41) is 7.18. The van der Waals surface area contributed by atoms with E-state index in [0.717, 1.165) is 44.4 Å². The summed E-state index contributed by atoms with van der Waals surface area (Å²) in [4.78, 5) is 0. The summed E-state index contributed by atoms with van der Waals surface area (Å²) in [6.07, 6.45) is 0. The molecule has 12 aromatic rings. The smallest absolute Gasteiger partial charge is 0.136 e. The molecule has 0 saturated carbocycles. The molecule has 0 unspecified atom stereocenters. The molecule has 0 atom stereocenters. The quantitative estimate of drug-likeness (QED) is 0.173. The van der Waals surface area contributed by atoms with Gasteiger partial charge in [0.15, 0.2) is 0 Å². The average molecular weight is 727 g/mol. The van der Waals surface area contributed by atoms with Gasteiger partial charge in [-0.25, -0.2) is 0 Å². The van der Waals surface area contributed by atoms with Gasteiger partial charge in [-0.05, 0) is 118 Å². The number of hydrogen-bond donors (Lipinski definition) is 0. The summed E-state index contributed by atoms with van der Waals surface area (Å²) in [5.41, 5.74) is 15.8. The number of nitrogens with zero attached hydrogens (tertiary/aromatic N) is 2. The van der Waals surface area contributed by atoms with Crippen molar-refractivity contribution in [3.05, 3.63) is 206 Å². The van der Waals surface area contributed by atoms with Crippen LogP contribution >= 0.6 is 0 Å². The van der Waals surface area contributed by atoms with Gasteiger partial charge in [0, 0.05) is 43.7 Å². The molecule has 3 heterocycles. The van der Waals surface area contributed by atoms with Crippen molar-refractivity contribution in [2.45, 2.75) is 0 Å². The first-order valence-corrected chi connectivity index (χ1v) is 19.5. The minimum Gasteiger partial charge on any atom is -0.456 e. The molecular formula is C54H34N2O. The Morgan fingerprint density at radius 1 is 0.246 bits per heavy atom. The zero-order chi connectivity index (χ0) is 37.5. The highest BCUT2D eigenvalue weighted by Gasteiger charge is 2.19. The van der Waals surface area contributed by atoms with Crippen LogP contribution in [0.4, 0.5) is 0 Å². The second-order valence-corrected chi connectivity index (χ2v) is 15.0. The van der Waals surface area contributed by atoms with E-state index in [1.165, 1.54) is 65.9 Å². The Morgan fingerprint density at radius 3 is 1.39 bits per heavy atom. The van der Waals surface area contributed by atoms with Crippen LogP contribution < -0.4 is 0 Å². The molecular weight excluding hydrogens is 693 g/mol. The molecule has 0 N–H and O–H groups in total. The predicted octanol–water partition coefficient (Wildman–Crippen LogP) is 14.8. The van der Waals surface area contributed by atoms with E-state index in [1.54, 1.807) is 0 Å². The van der Waals surface area contributed by atoms with E-state index in [-0.39, 0.29) is 0 Å². The van der Waals surface area contributed by atoms with E-state index >= 15 is 0 Å². The Morgan fingerprint density at radius 2 is 0.772 bits per heavy atom. The van der Waals surface area contributed by atoms with Gasteiger partial charge < -0.3 is 13.6 Å². The molecule has 12 rings (SSSR count). The first-order valence-electron chi connectivity index (χ1n) is 19.5. The number of fused-ring (bicyclic) bond motifs is 9. The maximum atomic E-state index is 6.64. The van der Waals surface area contributed by atoms with Gasteiger partial charge >= 0.3 is 0 Å². The fraction of sp³-hybridized carbons (Fsp3) is 0. The Labute approximate surface area is 328 Å². The second-order valence-electron chi connectivity index (χ2n) is 15.0. The summed E-state index contributed by atoms with van der Waals surface area (Å²) in [7, 11) is 0. The van der Waals surface area contributed by atoms with E-state index in [2.05, 4.69) is 215 Å². The van der Waals surface area contributed by atoms with Gasteiger partial charge in [-0.15, -0.1) is 0 Å². The minimum absolute atomic E-state index is 0.876. The van der Waals surface area contributed by atoms with Gasteiger partial charge in [0.05, 0.1) is 22.1 Å². The van der Waals surface area contributed by atoms with E-state index in [9.17, 15) is 0 Å². The zero-order valence-electron chi connectivity index (χ0n) is 30.9. The van der Waals surface area contributed by atoms with Crippen LogP contribution in [0, 0.1) is 0 Å². The lowest BCUT2D eigenvalue weighted by Gasteiger charge is -2.11. The third-order valence-corrected chi connectivity index (χ3v) is 11.7. The van der Waals surface area contributed by atoms with Crippen molar-refractivity contribution < 1.29 is 4.42 Å². The normalized spacial score (nSPS) is 11.9. The van der Waals surface area contributed by atoms with Crippen LogP contribution in [0.15, 0.2) is 211 Å². The lowest BCUT2D eigenvalue weighted by atomic mass is 9.93. The van der Waals surface area contributed by atoms with Gasteiger partial charge in [0.1, 0.15) is 11.2 Å². The number of furan rings is 1. The standard InChI is InChI=1S/C54H34N2O/c1-4-14-35(15-5-1)38-28-39(36-16-6-2-7-17-36)30-40(29-38)37-24-26-45-48-32-42(25-27-53(48)57-54(45)31-37)56-50-23-13-11-21-44(50)47-33-46-43-20-10-12-22-49(43)55(51(46)34-52(47)56)41-18-8-3-9-19-41/h1-34H. The van der Waals surface area contributed by atoms with E-state index < -0.39 is 0 Å². The second kappa shape index (κ2) is 12.5. The highest BCUT2D eigenvalue weighted by atomic mass is 16.3. The van der Waals surface area contributed by atoms with E-state index in [4.69, 9.17) is 4.42 Å². The Balaban J connectivity index is 1.04. The molecule has 0 aliphatic heterocycles. The molecule has 0 bridgehead atoms. The third kappa shape index (κ3) is 4.99. The Bertz CT molecular complexity index is 3440. The molecule has 0 radical (unpaired) electrons. The molecule has 57 heavy (non-hydrogen) atoms. The van der Waals surface area contributed by atoms with Crippen LogP contribution in [0.1, 0.15) is 0 Å². The number of para-hydroxylation sites is 3. The van der Waals surface area contributed by atoms with Crippen LogP contribution in [0.2, 0.25) is 0 Å². The summed E-state index contributed by atoms with van der Waals surface area (Å²) in [5.74, 6) is 0. The van der Waals surface area contributed by atoms with Gasteiger partial charge in [-0.1, -0.05) is 121 Å². The summed E-state index contributed by atoms with van der Waals surface area (Å²) < 4.78 is 11.5. The molecule has 266 valence electrons. The monoisotopic (exact) mass is 726 g/mol. The van der Waals surface area contributed by atoms with Crippen molar-refractivity contribution in [1.29, 1.82) is 0 Å². The first kappa shape index (κ1) is 31.7. The SMILES string of the molecule is c1ccc(-c2cc(-c3ccccc3)cc(-c3ccc4c(c3)oc3ccc(-n5c6ccccc6c6cc7c8ccccc8n(-c8ccccc8)c7cc65)cc34)c2)cc1. The molecule has 0 aliphatic rings. The molecule has 0 aliphatic carbocycles. The van der Waals surface area contributed by atoms with Gasteiger partial charge in [-0.2, -0.15) is 0 Å². The van der Waals surface area contributed by atoms with Crippen LogP contribution in [-0.4, -0.2) is 9.13 Å². The third-order valence-electron chi connectivity index (χ3n) is 11.7. The predicted molar refractivity (Wildman–Crippen MR) is 239 cm³/mol. The van der Waals surface area contributed by atoms with Crippen LogP contribution in [0.5, 0.6) is 0 Å². The molecule has 3 heteroatoms. The van der Waals surface area contributed by atoms with Crippen LogP contribution in [0.3, 0.4) is 0 Å². The molecule has 0 saturated heterocycles.